The van der Waals surface area contributed by atoms with Gasteiger partial charge in [0.05, 0.1) is 0 Å². The lowest BCUT2D eigenvalue weighted by molar-refractivity contribution is 0.0905. The molecule has 0 saturated carbocycles. The second-order valence-electron chi connectivity index (χ2n) is 4.15. The first-order chi connectivity index (χ1) is 7.69. The summed E-state index contributed by atoms with van der Waals surface area (Å²) in [5.41, 5.74) is 0.633. The Hall–Kier alpha value is -1.18. The van der Waals surface area contributed by atoms with E-state index in [1.807, 2.05) is 0 Å². The molecule has 0 atom stereocenters. The van der Waals surface area contributed by atoms with Gasteiger partial charge in [0, 0.05) is 11.5 Å². The van der Waals surface area contributed by atoms with E-state index in [9.17, 15) is 9.18 Å². The quantitative estimate of drug-likeness (QED) is 0.658. The molecule has 16 heavy (non-hydrogen) atoms. The second-order valence-corrected chi connectivity index (χ2v) is 4.15. The highest BCUT2D eigenvalue weighted by Crippen LogP contribution is 2.19. The van der Waals surface area contributed by atoms with E-state index in [0.29, 0.717) is 5.56 Å². The highest BCUT2D eigenvalue weighted by atomic mass is 19.1. The van der Waals surface area contributed by atoms with E-state index < -0.39 is 0 Å². The van der Waals surface area contributed by atoms with E-state index in [0.717, 1.165) is 25.7 Å². The maximum Gasteiger partial charge on any atom is 0.165 e. The number of hydrogen-bond acceptors (Lipinski definition) is 1. The molecule has 1 rings (SSSR count). The number of halogens is 1. The standard InChI is InChI=1S/C14H19FO/c1-3-5-11(6-4-2)14(16)12-7-9-13(15)10-8-12/h7-11H,3-6H2,1-2H3. The maximum absolute atomic E-state index is 12.7. The van der Waals surface area contributed by atoms with Crippen LogP contribution in [0.25, 0.3) is 0 Å². The molecular weight excluding hydrogens is 203 g/mol. The van der Waals surface area contributed by atoms with Gasteiger partial charge in [0.25, 0.3) is 0 Å². The summed E-state index contributed by atoms with van der Waals surface area (Å²) in [5.74, 6) is -0.0387. The molecule has 0 saturated heterocycles. The van der Waals surface area contributed by atoms with Crippen LogP contribution in [0.5, 0.6) is 0 Å². The van der Waals surface area contributed by atoms with Crippen LogP contribution in [0, 0.1) is 11.7 Å². The molecular formula is C14H19FO. The lowest BCUT2D eigenvalue weighted by atomic mass is 9.90. The smallest absolute Gasteiger partial charge is 0.165 e. The Morgan fingerprint density at radius 3 is 2.06 bits per heavy atom. The fraction of sp³-hybridized carbons (Fsp3) is 0.500. The monoisotopic (exact) mass is 222 g/mol. The Bertz CT molecular complexity index is 323. The van der Waals surface area contributed by atoms with Crippen molar-refractivity contribution in [1.82, 2.24) is 0 Å². The lowest BCUT2D eigenvalue weighted by Gasteiger charge is -2.13. The van der Waals surface area contributed by atoms with Crippen molar-refractivity contribution in [3.8, 4) is 0 Å². The summed E-state index contributed by atoms with van der Waals surface area (Å²) < 4.78 is 12.7. The molecule has 0 aliphatic rings. The van der Waals surface area contributed by atoms with E-state index in [1.165, 1.54) is 12.1 Å². The van der Waals surface area contributed by atoms with Gasteiger partial charge in [-0.15, -0.1) is 0 Å². The van der Waals surface area contributed by atoms with Gasteiger partial charge in [-0.3, -0.25) is 4.79 Å². The molecule has 0 aromatic heterocycles. The predicted molar refractivity (Wildman–Crippen MR) is 64.0 cm³/mol. The van der Waals surface area contributed by atoms with Crippen molar-refractivity contribution in [2.45, 2.75) is 39.5 Å². The van der Waals surface area contributed by atoms with Crippen LogP contribution >= 0.6 is 0 Å². The van der Waals surface area contributed by atoms with E-state index in [4.69, 9.17) is 0 Å². The lowest BCUT2D eigenvalue weighted by Crippen LogP contribution is -2.14. The summed E-state index contributed by atoms with van der Waals surface area (Å²) in [4.78, 5) is 12.1. The number of Topliss-reactive ketones (excluding diaryl/α,β-unsaturated/α-hetero) is 1. The van der Waals surface area contributed by atoms with Gasteiger partial charge in [0.1, 0.15) is 5.82 Å². The van der Waals surface area contributed by atoms with Crippen LogP contribution in [0.3, 0.4) is 0 Å². The maximum atomic E-state index is 12.7. The summed E-state index contributed by atoms with van der Waals surface area (Å²) in [6.45, 7) is 4.17. The van der Waals surface area contributed by atoms with Crippen LogP contribution in [0.4, 0.5) is 4.39 Å². The minimum atomic E-state index is -0.293. The number of ketones is 1. The molecule has 2 heteroatoms. The normalized spacial score (nSPS) is 10.8. The van der Waals surface area contributed by atoms with Crippen LogP contribution in [-0.2, 0) is 0 Å². The zero-order valence-electron chi connectivity index (χ0n) is 10.0. The molecule has 88 valence electrons. The first kappa shape index (κ1) is 12.9. The summed E-state index contributed by atoms with van der Waals surface area (Å²) in [6.07, 6.45) is 3.86. The second kappa shape index (κ2) is 6.41. The van der Waals surface area contributed by atoms with Gasteiger partial charge in [-0.1, -0.05) is 26.7 Å². The van der Waals surface area contributed by atoms with Gasteiger partial charge < -0.3 is 0 Å². The van der Waals surface area contributed by atoms with E-state index in [2.05, 4.69) is 13.8 Å². The first-order valence-corrected chi connectivity index (χ1v) is 5.98. The third-order valence-corrected chi connectivity index (χ3v) is 2.77. The fourth-order valence-electron chi connectivity index (χ4n) is 1.95. The molecule has 0 aliphatic heterocycles. The molecule has 1 nitrogen and oxygen atoms in total. The Balaban J connectivity index is 2.77. The Kier molecular flexibility index (Phi) is 5.17. The SMILES string of the molecule is CCCC(CCC)C(=O)c1ccc(F)cc1. The van der Waals surface area contributed by atoms with Gasteiger partial charge in [-0.2, -0.15) is 0 Å². The Morgan fingerprint density at radius 1 is 1.12 bits per heavy atom. The van der Waals surface area contributed by atoms with Crippen molar-refractivity contribution in [2.75, 3.05) is 0 Å². The number of benzene rings is 1. The number of carbonyl (C=O) groups is 1. The van der Waals surface area contributed by atoms with Crippen molar-refractivity contribution >= 4 is 5.78 Å². The van der Waals surface area contributed by atoms with Gasteiger partial charge in [0.2, 0.25) is 0 Å². The molecule has 0 N–H and O–H groups in total. The van der Waals surface area contributed by atoms with Gasteiger partial charge in [-0.05, 0) is 37.1 Å². The van der Waals surface area contributed by atoms with Crippen molar-refractivity contribution in [1.29, 1.82) is 0 Å². The Morgan fingerprint density at radius 2 is 1.62 bits per heavy atom. The molecule has 1 aromatic carbocycles. The largest absolute Gasteiger partial charge is 0.294 e. The van der Waals surface area contributed by atoms with Crippen LogP contribution in [0.1, 0.15) is 49.9 Å². The molecule has 0 fully saturated rings. The molecule has 0 heterocycles. The van der Waals surface area contributed by atoms with Crippen molar-refractivity contribution < 1.29 is 9.18 Å². The number of carbonyl (C=O) groups excluding carboxylic acids is 1. The van der Waals surface area contributed by atoms with Gasteiger partial charge >= 0.3 is 0 Å². The van der Waals surface area contributed by atoms with E-state index in [-0.39, 0.29) is 17.5 Å². The molecule has 0 radical (unpaired) electrons. The average Bonchev–Trinajstić information content (AvgIpc) is 2.29. The third-order valence-electron chi connectivity index (χ3n) is 2.77. The third kappa shape index (κ3) is 3.44. The summed E-state index contributed by atoms with van der Waals surface area (Å²) in [6, 6.07) is 5.86. The fourth-order valence-corrected chi connectivity index (χ4v) is 1.95. The highest BCUT2D eigenvalue weighted by Gasteiger charge is 2.18. The molecule has 0 unspecified atom stereocenters. The molecule has 0 aliphatic carbocycles. The first-order valence-electron chi connectivity index (χ1n) is 5.98. The minimum absolute atomic E-state index is 0.0976. The molecule has 0 amide bonds. The van der Waals surface area contributed by atoms with Crippen LogP contribution in [0.15, 0.2) is 24.3 Å². The molecule has 0 bridgehead atoms. The van der Waals surface area contributed by atoms with Crippen LogP contribution < -0.4 is 0 Å². The minimum Gasteiger partial charge on any atom is -0.294 e. The van der Waals surface area contributed by atoms with Crippen LogP contribution in [0.2, 0.25) is 0 Å². The van der Waals surface area contributed by atoms with Gasteiger partial charge in [-0.25, -0.2) is 4.39 Å². The highest BCUT2D eigenvalue weighted by molar-refractivity contribution is 5.97. The molecule has 1 aromatic rings. The number of hydrogen-bond donors (Lipinski definition) is 0. The van der Waals surface area contributed by atoms with Gasteiger partial charge in [0.15, 0.2) is 5.78 Å². The summed E-state index contributed by atoms with van der Waals surface area (Å²) in [5, 5.41) is 0. The van der Waals surface area contributed by atoms with Crippen molar-refractivity contribution in [3.63, 3.8) is 0 Å². The van der Waals surface area contributed by atoms with Crippen molar-refractivity contribution in [2.24, 2.45) is 5.92 Å². The summed E-state index contributed by atoms with van der Waals surface area (Å²) >= 11 is 0. The molecule has 0 spiro atoms. The van der Waals surface area contributed by atoms with Crippen LogP contribution in [-0.4, -0.2) is 5.78 Å². The van der Waals surface area contributed by atoms with E-state index in [1.54, 1.807) is 12.1 Å². The Labute approximate surface area is 96.7 Å². The topological polar surface area (TPSA) is 17.1 Å². The van der Waals surface area contributed by atoms with Crippen molar-refractivity contribution in [3.05, 3.63) is 35.6 Å². The zero-order chi connectivity index (χ0) is 12.0. The zero-order valence-corrected chi connectivity index (χ0v) is 10.0. The summed E-state index contributed by atoms with van der Waals surface area (Å²) in [7, 11) is 0. The number of rotatable bonds is 6. The average molecular weight is 222 g/mol. The predicted octanol–water partition coefficient (Wildman–Crippen LogP) is 4.22. The van der Waals surface area contributed by atoms with E-state index >= 15 is 0 Å².